The van der Waals surface area contributed by atoms with Gasteiger partial charge in [0.1, 0.15) is 0 Å². The van der Waals surface area contributed by atoms with Gasteiger partial charge in [0.15, 0.2) is 0 Å². The van der Waals surface area contributed by atoms with Crippen LogP contribution in [-0.4, -0.2) is 25.2 Å². The zero-order valence-electron chi connectivity index (χ0n) is 13.9. The van der Waals surface area contributed by atoms with E-state index in [0.29, 0.717) is 37.2 Å². The number of carbonyl (C=O) groups excluding carboxylic acids is 2. The van der Waals surface area contributed by atoms with Gasteiger partial charge in [-0.2, -0.15) is 0 Å². The van der Waals surface area contributed by atoms with Gasteiger partial charge in [-0.15, -0.1) is 0 Å². The van der Waals surface area contributed by atoms with Gasteiger partial charge in [-0.05, 0) is 39.0 Å². The zero-order valence-corrected chi connectivity index (χ0v) is 13.9. The minimum absolute atomic E-state index is 0.333. The number of hydrogen-bond donors (Lipinski definition) is 0. The van der Waals surface area contributed by atoms with Gasteiger partial charge < -0.3 is 9.47 Å². The highest BCUT2D eigenvalue weighted by molar-refractivity contribution is 5.87. The number of ether oxygens (including phenoxy) is 2. The van der Waals surface area contributed by atoms with Gasteiger partial charge in [0.05, 0.1) is 13.2 Å². The molecule has 0 aliphatic rings. The Balaban J connectivity index is 4.13. The quantitative estimate of drug-likeness (QED) is 0.311. The van der Waals surface area contributed by atoms with E-state index in [1.807, 2.05) is 0 Å². The maximum Gasteiger partial charge on any atom is 0.333 e. The molecule has 0 atom stereocenters. The van der Waals surface area contributed by atoms with E-state index in [-0.39, 0.29) is 11.9 Å². The molecule has 22 heavy (non-hydrogen) atoms. The van der Waals surface area contributed by atoms with Crippen LogP contribution < -0.4 is 0 Å². The Bertz CT molecular complexity index is 353. The molecule has 0 saturated heterocycles. The molecule has 124 valence electrons. The number of hydrogen-bond acceptors (Lipinski definition) is 4. The summed E-state index contributed by atoms with van der Waals surface area (Å²) in [6.45, 7) is 14.8. The molecule has 0 aliphatic heterocycles. The largest absolute Gasteiger partial charge is 0.462 e. The van der Waals surface area contributed by atoms with Gasteiger partial charge in [0.25, 0.3) is 0 Å². The second kappa shape index (κ2) is 12.0. The molecule has 0 aromatic heterocycles. The highest BCUT2D eigenvalue weighted by Gasteiger charge is 2.13. The summed E-state index contributed by atoms with van der Waals surface area (Å²) in [7, 11) is 0. The van der Waals surface area contributed by atoms with Crippen LogP contribution in [-0.2, 0) is 19.1 Å². The summed E-state index contributed by atoms with van der Waals surface area (Å²) in [5.41, 5.74) is 0.794. The van der Waals surface area contributed by atoms with Crippen LogP contribution in [0.1, 0.15) is 52.4 Å². The maximum absolute atomic E-state index is 11.3. The Labute approximate surface area is 134 Å². The van der Waals surface area contributed by atoms with E-state index >= 15 is 0 Å². The number of unbranched alkanes of at least 4 members (excludes halogenated alkanes) is 2. The Kier molecular flexibility index (Phi) is 11.2. The predicted molar refractivity (Wildman–Crippen MR) is 87.8 cm³/mol. The van der Waals surface area contributed by atoms with Crippen LogP contribution >= 0.6 is 0 Å². The van der Waals surface area contributed by atoms with E-state index in [1.165, 1.54) is 5.92 Å². The van der Waals surface area contributed by atoms with Crippen molar-refractivity contribution in [3.63, 3.8) is 0 Å². The van der Waals surface area contributed by atoms with Crippen molar-refractivity contribution in [2.75, 3.05) is 13.2 Å². The SMILES string of the molecule is [CH2]CCCC[C](CCOC(=O)C(=C)C)CCOC(=O)C(=C)C. The van der Waals surface area contributed by atoms with E-state index in [9.17, 15) is 9.59 Å². The van der Waals surface area contributed by atoms with Gasteiger partial charge in [-0.3, -0.25) is 0 Å². The number of esters is 2. The first-order valence-electron chi connectivity index (χ1n) is 7.66. The summed E-state index contributed by atoms with van der Waals surface area (Å²) >= 11 is 0. The molecule has 0 amide bonds. The van der Waals surface area contributed by atoms with E-state index in [0.717, 1.165) is 25.7 Å². The third kappa shape index (κ3) is 10.2. The summed E-state index contributed by atoms with van der Waals surface area (Å²) in [5, 5.41) is 0. The average molecular weight is 308 g/mol. The topological polar surface area (TPSA) is 52.6 Å². The molecule has 0 fully saturated rings. The average Bonchev–Trinajstić information content (AvgIpc) is 2.46. The Hall–Kier alpha value is -1.58. The minimum atomic E-state index is -0.370. The first-order chi connectivity index (χ1) is 10.4. The lowest BCUT2D eigenvalue weighted by Gasteiger charge is -2.16. The number of carbonyl (C=O) groups is 2. The van der Waals surface area contributed by atoms with Crippen molar-refractivity contribution in [1.82, 2.24) is 0 Å². The second-order valence-electron chi connectivity index (χ2n) is 5.39. The minimum Gasteiger partial charge on any atom is -0.462 e. The lowest BCUT2D eigenvalue weighted by molar-refractivity contribution is -0.139. The standard InChI is InChI=1S/C18H28O4/c1-6-7-8-9-16(10-12-21-17(19)14(2)3)11-13-22-18(20)15(4)5/h1-2,4,6-13H2,3,5H3. The summed E-state index contributed by atoms with van der Waals surface area (Å²) in [5.74, 6) is 0.495. The molecule has 0 heterocycles. The van der Waals surface area contributed by atoms with Gasteiger partial charge in [0, 0.05) is 11.1 Å². The van der Waals surface area contributed by atoms with Crippen LogP contribution in [0.4, 0.5) is 0 Å². The van der Waals surface area contributed by atoms with Gasteiger partial charge in [0.2, 0.25) is 0 Å². The molecule has 0 spiro atoms. The molecule has 0 N–H and O–H groups in total. The Morgan fingerprint density at radius 1 is 0.818 bits per heavy atom. The fourth-order valence-electron chi connectivity index (χ4n) is 1.75. The highest BCUT2D eigenvalue weighted by Crippen LogP contribution is 2.20. The van der Waals surface area contributed by atoms with Crippen molar-refractivity contribution in [2.24, 2.45) is 0 Å². The molecule has 0 bridgehead atoms. The van der Waals surface area contributed by atoms with E-state index < -0.39 is 0 Å². The molecule has 0 aromatic carbocycles. The molecular weight excluding hydrogens is 280 g/mol. The lowest BCUT2D eigenvalue weighted by Crippen LogP contribution is -2.13. The molecule has 4 nitrogen and oxygen atoms in total. The molecule has 0 rings (SSSR count). The highest BCUT2D eigenvalue weighted by atomic mass is 16.5. The van der Waals surface area contributed by atoms with Crippen LogP contribution in [0.5, 0.6) is 0 Å². The zero-order chi connectivity index (χ0) is 17.0. The molecule has 4 heteroatoms. The van der Waals surface area contributed by atoms with E-state index in [4.69, 9.17) is 9.47 Å². The van der Waals surface area contributed by atoms with Gasteiger partial charge >= 0.3 is 11.9 Å². The molecule has 0 unspecified atom stereocenters. The van der Waals surface area contributed by atoms with Crippen molar-refractivity contribution in [2.45, 2.75) is 52.4 Å². The van der Waals surface area contributed by atoms with Crippen molar-refractivity contribution in [3.8, 4) is 0 Å². The molecular formula is C18H28O4. The third-order valence-electron chi connectivity index (χ3n) is 3.10. The van der Waals surface area contributed by atoms with Crippen molar-refractivity contribution in [1.29, 1.82) is 0 Å². The Morgan fingerprint density at radius 2 is 1.27 bits per heavy atom. The van der Waals surface area contributed by atoms with Crippen LogP contribution in [0.3, 0.4) is 0 Å². The first-order valence-corrected chi connectivity index (χ1v) is 7.66. The Morgan fingerprint density at radius 3 is 1.64 bits per heavy atom. The van der Waals surface area contributed by atoms with Gasteiger partial charge in [-0.1, -0.05) is 39.3 Å². The normalized spacial score (nSPS) is 10.4. The summed E-state index contributed by atoms with van der Waals surface area (Å²) < 4.78 is 10.2. The van der Waals surface area contributed by atoms with Crippen molar-refractivity contribution >= 4 is 11.9 Å². The fourth-order valence-corrected chi connectivity index (χ4v) is 1.75. The summed E-state index contributed by atoms with van der Waals surface area (Å²) in [6, 6.07) is 0. The monoisotopic (exact) mass is 308 g/mol. The van der Waals surface area contributed by atoms with Crippen molar-refractivity contribution < 1.29 is 19.1 Å². The number of rotatable bonds is 12. The third-order valence-corrected chi connectivity index (χ3v) is 3.10. The lowest BCUT2D eigenvalue weighted by atomic mass is 9.95. The second-order valence-corrected chi connectivity index (χ2v) is 5.39. The molecule has 0 aromatic rings. The van der Waals surface area contributed by atoms with Crippen LogP contribution in [0.15, 0.2) is 24.3 Å². The fraction of sp³-hybridized carbons (Fsp3) is 0.556. The molecule has 0 saturated carbocycles. The van der Waals surface area contributed by atoms with Crippen LogP contribution in [0.2, 0.25) is 0 Å². The smallest absolute Gasteiger partial charge is 0.333 e. The predicted octanol–water partition coefficient (Wildman–Crippen LogP) is 3.97. The van der Waals surface area contributed by atoms with Crippen LogP contribution in [0, 0.1) is 12.8 Å². The maximum atomic E-state index is 11.3. The van der Waals surface area contributed by atoms with Crippen molar-refractivity contribution in [3.05, 3.63) is 37.1 Å². The van der Waals surface area contributed by atoms with Gasteiger partial charge in [-0.25, -0.2) is 9.59 Å². The molecule has 2 radical (unpaired) electrons. The van der Waals surface area contributed by atoms with E-state index in [2.05, 4.69) is 20.1 Å². The first kappa shape index (κ1) is 20.4. The molecule has 0 aliphatic carbocycles. The summed E-state index contributed by atoms with van der Waals surface area (Å²) in [6.07, 6.45) is 5.30. The van der Waals surface area contributed by atoms with Crippen LogP contribution in [0.25, 0.3) is 0 Å². The van der Waals surface area contributed by atoms with E-state index in [1.54, 1.807) is 13.8 Å². The summed E-state index contributed by atoms with van der Waals surface area (Å²) in [4.78, 5) is 22.7.